The van der Waals surface area contributed by atoms with Crippen LogP contribution in [-0.2, 0) is 22.1 Å². The van der Waals surface area contributed by atoms with E-state index in [1.54, 1.807) is 0 Å². The number of rotatable bonds is 2. The number of carbonyl (C=O) groups is 1. The number of para-hydroxylation sites is 1. The zero-order valence-corrected chi connectivity index (χ0v) is 11.1. The van der Waals surface area contributed by atoms with Crippen molar-refractivity contribution in [3.63, 3.8) is 0 Å². The van der Waals surface area contributed by atoms with Gasteiger partial charge in [-0.25, -0.2) is 0 Å². The van der Waals surface area contributed by atoms with Crippen LogP contribution in [0.1, 0.15) is 5.56 Å². The highest BCUT2D eigenvalue weighted by Crippen LogP contribution is 2.27. The first-order valence-corrected chi connectivity index (χ1v) is 7.32. The average Bonchev–Trinajstić information content (AvgIpc) is 2.59. The van der Waals surface area contributed by atoms with Crippen LogP contribution >= 0.6 is 0 Å². The van der Waals surface area contributed by atoms with Gasteiger partial charge in [-0.15, -0.1) is 0 Å². The van der Waals surface area contributed by atoms with Crippen molar-refractivity contribution in [2.24, 2.45) is 0 Å². The summed E-state index contributed by atoms with van der Waals surface area (Å²) >= 11 is 0. The minimum atomic E-state index is 0. The molecule has 4 heteroatoms. The molecule has 2 rings (SSSR count). The van der Waals surface area contributed by atoms with Gasteiger partial charge in [-0.1, -0.05) is 18.2 Å². The van der Waals surface area contributed by atoms with E-state index < -0.39 is 0 Å². The number of benzene rings is 1. The molecule has 0 saturated carbocycles. The number of hydrogen-bond donors (Lipinski definition) is 0. The van der Waals surface area contributed by atoms with Gasteiger partial charge in [-0.05, 0) is 28.9 Å². The van der Waals surface area contributed by atoms with E-state index in [9.17, 15) is 4.79 Å². The number of amides is 1. The van der Waals surface area contributed by atoms with Crippen LogP contribution in [0.2, 0.25) is 0 Å². The second kappa shape index (κ2) is 5.60. The summed E-state index contributed by atoms with van der Waals surface area (Å²) in [5.74, 6) is 0.946. The Morgan fingerprint density at radius 2 is 2.06 bits per heavy atom. The van der Waals surface area contributed by atoms with Gasteiger partial charge in [0.2, 0.25) is 0 Å². The van der Waals surface area contributed by atoms with Gasteiger partial charge in [0.05, 0.1) is 12.5 Å². The molecule has 1 aromatic carbocycles. The molecule has 2 nitrogen and oxygen atoms in total. The maximum atomic E-state index is 12.0. The molecule has 1 amide bonds. The topological polar surface area (TPSA) is 20.3 Å². The van der Waals surface area contributed by atoms with Crippen molar-refractivity contribution in [3.05, 3.63) is 29.8 Å². The molecule has 0 fully saturated rings. The number of hydrogen-bond acceptors (Lipinski definition) is 1. The third-order valence-corrected chi connectivity index (χ3v) is 3.42. The van der Waals surface area contributed by atoms with E-state index in [1.165, 1.54) is 5.56 Å². The Morgan fingerprint density at radius 3 is 2.75 bits per heavy atom. The second-order valence-corrected chi connectivity index (χ2v) is 6.31. The molecule has 0 aromatic heterocycles. The van der Waals surface area contributed by atoms with Gasteiger partial charge in [0, 0.05) is 12.2 Å². The quantitative estimate of drug-likeness (QED) is 0.588. The SMILES string of the molecule is C[S+](C)CC(=O)N1CCc2ccccc21.[Cl-]. The van der Waals surface area contributed by atoms with E-state index in [2.05, 4.69) is 18.6 Å². The summed E-state index contributed by atoms with van der Waals surface area (Å²) < 4.78 is 0. The van der Waals surface area contributed by atoms with Crippen LogP contribution in [0.4, 0.5) is 5.69 Å². The Bertz CT molecular complexity index is 381. The van der Waals surface area contributed by atoms with Crippen LogP contribution in [-0.4, -0.2) is 30.7 Å². The molecule has 0 saturated heterocycles. The third kappa shape index (κ3) is 2.71. The van der Waals surface area contributed by atoms with Crippen molar-refractivity contribution in [3.8, 4) is 0 Å². The predicted molar refractivity (Wildman–Crippen MR) is 66.6 cm³/mol. The maximum Gasteiger partial charge on any atom is 0.276 e. The van der Waals surface area contributed by atoms with E-state index in [0.717, 1.165) is 18.7 Å². The minimum absolute atomic E-state index is 0. The lowest BCUT2D eigenvalue weighted by atomic mass is 10.2. The molecule has 0 radical (unpaired) electrons. The molecular formula is C12H16ClNOS. The fourth-order valence-electron chi connectivity index (χ4n) is 1.92. The summed E-state index contributed by atoms with van der Waals surface area (Å²) in [6, 6.07) is 8.20. The summed E-state index contributed by atoms with van der Waals surface area (Å²) in [5, 5.41) is 0. The molecule has 0 atom stereocenters. The average molecular weight is 258 g/mol. The largest absolute Gasteiger partial charge is 1.00 e. The lowest BCUT2D eigenvalue weighted by Crippen LogP contribution is -3.00. The monoisotopic (exact) mass is 257 g/mol. The van der Waals surface area contributed by atoms with Gasteiger partial charge < -0.3 is 17.3 Å². The van der Waals surface area contributed by atoms with Crippen LogP contribution in [0.25, 0.3) is 0 Å². The Kier molecular flexibility index (Phi) is 4.69. The van der Waals surface area contributed by atoms with Crippen LogP contribution in [0.3, 0.4) is 0 Å². The normalized spacial score (nSPS) is 13.6. The van der Waals surface area contributed by atoms with Crippen LogP contribution < -0.4 is 17.3 Å². The molecule has 0 unspecified atom stereocenters. The van der Waals surface area contributed by atoms with E-state index in [1.807, 2.05) is 23.1 Å². The predicted octanol–water partition coefficient (Wildman–Crippen LogP) is -1.54. The molecular weight excluding hydrogens is 242 g/mol. The first kappa shape index (κ1) is 13.4. The minimum Gasteiger partial charge on any atom is -1.00 e. The number of halogens is 1. The summed E-state index contributed by atoms with van der Waals surface area (Å²) in [7, 11) is 0.190. The molecule has 16 heavy (non-hydrogen) atoms. The van der Waals surface area contributed by atoms with E-state index in [-0.39, 0.29) is 29.2 Å². The highest BCUT2D eigenvalue weighted by molar-refractivity contribution is 7.96. The first-order chi connectivity index (χ1) is 7.18. The Balaban J connectivity index is 0.00000128. The van der Waals surface area contributed by atoms with Gasteiger partial charge in [-0.3, -0.25) is 4.79 Å². The Labute approximate surface area is 106 Å². The molecule has 88 valence electrons. The Hall–Kier alpha value is -0.670. The van der Waals surface area contributed by atoms with Gasteiger partial charge in [-0.2, -0.15) is 0 Å². The zero-order valence-electron chi connectivity index (χ0n) is 9.57. The summed E-state index contributed by atoms with van der Waals surface area (Å²) in [6.45, 7) is 0.857. The number of carbonyl (C=O) groups excluding carboxylic acids is 1. The molecule has 0 bridgehead atoms. The Morgan fingerprint density at radius 1 is 1.38 bits per heavy atom. The van der Waals surface area contributed by atoms with Crippen molar-refractivity contribution in [2.75, 3.05) is 29.7 Å². The highest BCUT2D eigenvalue weighted by Gasteiger charge is 2.26. The summed E-state index contributed by atoms with van der Waals surface area (Å²) in [5.41, 5.74) is 2.42. The second-order valence-electron chi connectivity index (χ2n) is 4.05. The van der Waals surface area contributed by atoms with Gasteiger partial charge in [0.25, 0.3) is 5.91 Å². The fourth-order valence-corrected chi connectivity index (χ4v) is 2.57. The number of anilines is 1. The van der Waals surface area contributed by atoms with Crippen LogP contribution in [0.15, 0.2) is 24.3 Å². The van der Waals surface area contributed by atoms with Crippen molar-refractivity contribution >= 4 is 22.5 Å². The maximum absolute atomic E-state index is 12.0. The van der Waals surface area contributed by atoms with Crippen LogP contribution in [0, 0.1) is 0 Å². The van der Waals surface area contributed by atoms with E-state index >= 15 is 0 Å². The molecule has 1 aliphatic heterocycles. The molecule has 1 aliphatic rings. The lowest BCUT2D eigenvalue weighted by Gasteiger charge is -2.15. The summed E-state index contributed by atoms with van der Waals surface area (Å²) in [4.78, 5) is 13.9. The smallest absolute Gasteiger partial charge is 0.276 e. The zero-order chi connectivity index (χ0) is 10.8. The number of nitrogens with zero attached hydrogens (tertiary/aromatic N) is 1. The molecule has 1 aromatic rings. The molecule has 0 aliphatic carbocycles. The van der Waals surface area contributed by atoms with Crippen molar-refractivity contribution in [1.29, 1.82) is 0 Å². The van der Waals surface area contributed by atoms with Gasteiger partial charge >= 0.3 is 0 Å². The van der Waals surface area contributed by atoms with Crippen molar-refractivity contribution < 1.29 is 17.2 Å². The van der Waals surface area contributed by atoms with Crippen molar-refractivity contribution in [2.45, 2.75) is 6.42 Å². The van der Waals surface area contributed by atoms with Crippen molar-refractivity contribution in [1.82, 2.24) is 0 Å². The fraction of sp³-hybridized carbons (Fsp3) is 0.417. The number of fused-ring (bicyclic) bond motifs is 1. The van der Waals surface area contributed by atoms with E-state index in [0.29, 0.717) is 5.75 Å². The third-order valence-electron chi connectivity index (χ3n) is 2.60. The molecule has 0 spiro atoms. The highest BCUT2D eigenvalue weighted by atomic mass is 35.5. The first-order valence-electron chi connectivity index (χ1n) is 5.11. The van der Waals surface area contributed by atoms with Gasteiger partial charge in [0.1, 0.15) is 0 Å². The van der Waals surface area contributed by atoms with E-state index in [4.69, 9.17) is 0 Å². The van der Waals surface area contributed by atoms with Gasteiger partial charge in [0.15, 0.2) is 5.75 Å². The standard InChI is InChI=1S/C12H16NOS.ClH/c1-15(2)9-12(14)13-8-7-10-5-3-4-6-11(10)13;/h3-6H,7-9H2,1-2H3;1H/q+1;/p-1. The molecule has 0 N–H and O–H groups in total. The summed E-state index contributed by atoms with van der Waals surface area (Å²) in [6.07, 6.45) is 5.23. The lowest BCUT2D eigenvalue weighted by molar-refractivity contribution is -0.116. The van der Waals surface area contributed by atoms with Crippen LogP contribution in [0.5, 0.6) is 0 Å². The molecule has 1 heterocycles.